The zero-order chi connectivity index (χ0) is 15.9. The third-order valence-electron chi connectivity index (χ3n) is 3.95. The fraction of sp³-hybridized carbons (Fsp3) is 0.471. The van der Waals surface area contributed by atoms with Crippen LogP contribution in [0.25, 0.3) is 0 Å². The number of aromatic nitrogens is 1. The highest BCUT2D eigenvalue weighted by atomic mass is 32.1. The molecular weight excluding hydrogens is 310 g/mol. The molecule has 1 atom stereocenters. The van der Waals surface area contributed by atoms with Gasteiger partial charge in [0.2, 0.25) is 0 Å². The Balaban J connectivity index is 1.35. The fourth-order valence-electron chi connectivity index (χ4n) is 2.74. The number of aliphatic hydroxyl groups excluding tert-OH is 1. The van der Waals surface area contributed by atoms with Crippen molar-refractivity contribution >= 4 is 17.2 Å². The average Bonchev–Trinajstić information content (AvgIpc) is 3.10. The number of ether oxygens (including phenoxy) is 1. The van der Waals surface area contributed by atoms with Crippen molar-refractivity contribution in [3.05, 3.63) is 46.8 Å². The second kappa shape index (κ2) is 8.40. The minimum Gasteiger partial charge on any atom is -0.389 e. The monoisotopic (exact) mass is 333 g/mol. The Hall–Kier alpha value is -1.47. The smallest absolute Gasteiger partial charge is 0.128 e. The summed E-state index contributed by atoms with van der Waals surface area (Å²) in [5.41, 5.74) is 0. The van der Waals surface area contributed by atoms with Crippen molar-refractivity contribution in [2.75, 3.05) is 44.2 Å². The molecule has 1 aliphatic rings. The summed E-state index contributed by atoms with van der Waals surface area (Å²) in [5.74, 6) is 1.03. The summed E-state index contributed by atoms with van der Waals surface area (Å²) >= 11 is 1.68. The van der Waals surface area contributed by atoms with Gasteiger partial charge >= 0.3 is 0 Å². The molecule has 1 saturated heterocycles. The molecular formula is C17H23N3O2S. The molecule has 5 nitrogen and oxygen atoms in total. The topological polar surface area (TPSA) is 48.8 Å². The first-order chi connectivity index (χ1) is 11.3. The van der Waals surface area contributed by atoms with Crippen LogP contribution in [0, 0.1) is 0 Å². The molecule has 1 aliphatic heterocycles. The van der Waals surface area contributed by atoms with Gasteiger partial charge in [-0.05, 0) is 23.6 Å². The molecule has 0 amide bonds. The standard InChI is InChI=1S/C17H23N3O2S/c21-15(13-22-14-16-4-3-11-23-16)12-19-7-9-20(10-8-19)17-5-1-2-6-18-17/h1-6,11,15,21H,7-10,12-14H2/t15-/m0/s1. The molecule has 124 valence electrons. The van der Waals surface area contributed by atoms with E-state index in [0.29, 0.717) is 19.8 Å². The highest BCUT2D eigenvalue weighted by molar-refractivity contribution is 7.09. The molecule has 3 rings (SSSR count). The molecule has 0 radical (unpaired) electrons. The van der Waals surface area contributed by atoms with Gasteiger partial charge in [-0.2, -0.15) is 0 Å². The van der Waals surface area contributed by atoms with Crippen molar-refractivity contribution in [2.24, 2.45) is 0 Å². The molecule has 0 spiro atoms. The van der Waals surface area contributed by atoms with Gasteiger partial charge in [0.05, 0.1) is 19.3 Å². The second-order valence-corrected chi connectivity index (χ2v) is 6.76. The number of thiophene rings is 1. The molecule has 0 bridgehead atoms. The van der Waals surface area contributed by atoms with Gasteiger partial charge in [0.15, 0.2) is 0 Å². The number of nitrogens with zero attached hydrogens (tertiary/aromatic N) is 3. The van der Waals surface area contributed by atoms with Crippen molar-refractivity contribution < 1.29 is 9.84 Å². The highest BCUT2D eigenvalue weighted by Crippen LogP contribution is 2.13. The Labute approximate surface area is 141 Å². The number of hydrogen-bond acceptors (Lipinski definition) is 6. The largest absolute Gasteiger partial charge is 0.389 e. The summed E-state index contributed by atoms with van der Waals surface area (Å²) in [6.07, 6.45) is 1.40. The number of hydrogen-bond donors (Lipinski definition) is 1. The number of piperazine rings is 1. The van der Waals surface area contributed by atoms with Gasteiger partial charge in [0.25, 0.3) is 0 Å². The van der Waals surface area contributed by atoms with Crippen LogP contribution in [0.15, 0.2) is 41.9 Å². The maximum absolute atomic E-state index is 10.1. The van der Waals surface area contributed by atoms with Crippen LogP contribution in [0.1, 0.15) is 4.88 Å². The average molecular weight is 333 g/mol. The lowest BCUT2D eigenvalue weighted by Gasteiger charge is -2.36. The van der Waals surface area contributed by atoms with E-state index in [1.54, 1.807) is 11.3 Å². The number of aliphatic hydroxyl groups is 1. The van der Waals surface area contributed by atoms with E-state index in [0.717, 1.165) is 32.0 Å². The zero-order valence-electron chi connectivity index (χ0n) is 13.2. The molecule has 3 heterocycles. The van der Waals surface area contributed by atoms with Crippen LogP contribution in [-0.2, 0) is 11.3 Å². The van der Waals surface area contributed by atoms with Crippen LogP contribution in [0.2, 0.25) is 0 Å². The molecule has 0 aliphatic carbocycles. The van der Waals surface area contributed by atoms with Crippen molar-refractivity contribution in [3.63, 3.8) is 0 Å². The summed E-state index contributed by atoms with van der Waals surface area (Å²) in [5, 5.41) is 12.2. The third-order valence-corrected chi connectivity index (χ3v) is 4.80. The first-order valence-electron chi connectivity index (χ1n) is 7.98. The molecule has 1 fully saturated rings. The number of anilines is 1. The Kier molecular flexibility index (Phi) is 5.99. The number of β-amino-alcohol motifs (C(OH)–C–C–N with tert-alkyl or cyclic N) is 1. The lowest BCUT2D eigenvalue weighted by molar-refractivity contribution is 0.00989. The third kappa shape index (κ3) is 5.00. The van der Waals surface area contributed by atoms with Gasteiger partial charge in [-0.3, -0.25) is 4.90 Å². The van der Waals surface area contributed by atoms with Crippen LogP contribution < -0.4 is 4.90 Å². The highest BCUT2D eigenvalue weighted by Gasteiger charge is 2.20. The Morgan fingerprint density at radius 1 is 1.17 bits per heavy atom. The minimum absolute atomic E-state index is 0.387. The molecule has 0 saturated carbocycles. The van der Waals surface area contributed by atoms with E-state index >= 15 is 0 Å². The number of pyridine rings is 1. The van der Waals surface area contributed by atoms with Crippen molar-refractivity contribution in [1.29, 1.82) is 0 Å². The summed E-state index contributed by atoms with van der Waals surface area (Å²) in [4.78, 5) is 10.2. The quantitative estimate of drug-likeness (QED) is 0.838. The van der Waals surface area contributed by atoms with Gasteiger partial charge in [0.1, 0.15) is 5.82 Å². The predicted octanol–water partition coefficient (Wildman–Crippen LogP) is 1.84. The minimum atomic E-state index is -0.434. The first kappa shape index (κ1) is 16.4. The van der Waals surface area contributed by atoms with E-state index < -0.39 is 6.10 Å². The van der Waals surface area contributed by atoms with Gasteiger partial charge in [-0.25, -0.2) is 4.98 Å². The van der Waals surface area contributed by atoms with Crippen molar-refractivity contribution in [3.8, 4) is 0 Å². The molecule has 2 aromatic rings. The van der Waals surface area contributed by atoms with Crippen LogP contribution in [0.4, 0.5) is 5.82 Å². The van der Waals surface area contributed by atoms with Gasteiger partial charge in [-0.15, -0.1) is 11.3 Å². The second-order valence-electron chi connectivity index (χ2n) is 5.72. The predicted molar refractivity (Wildman–Crippen MR) is 92.9 cm³/mol. The number of rotatable bonds is 7. The molecule has 0 unspecified atom stereocenters. The van der Waals surface area contributed by atoms with Crippen LogP contribution in [0.3, 0.4) is 0 Å². The Morgan fingerprint density at radius 2 is 2.04 bits per heavy atom. The summed E-state index contributed by atoms with van der Waals surface area (Å²) in [7, 11) is 0. The first-order valence-corrected chi connectivity index (χ1v) is 8.86. The molecule has 23 heavy (non-hydrogen) atoms. The van der Waals surface area contributed by atoms with E-state index in [1.807, 2.05) is 41.9 Å². The van der Waals surface area contributed by atoms with E-state index in [9.17, 15) is 5.11 Å². The SMILES string of the molecule is O[C@H](COCc1cccs1)CN1CCN(c2ccccn2)CC1. The zero-order valence-corrected chi connectivity index (χ0v) is 14.0. The van der Waals surface area contributed by atoms with Gasteiger partial charge in [0, 0.05) is 43.8 Å². The molecule has 2 aromatic heterocycles. The molecule has 0 aromatic carbocycles. The van der Waals surface area contributed by atoms with Crippen molar-refractivity contribution in [1.82, 2.24) is 9.88 Å². The lowest BCUT2D eigenvalue weighted by atomic mass is 10.2. The maximum Gasteiger partial charge on any atom is 0.128 e. The lowest BCUT2D eigenvalue weighted by Crippen LogP contribution is -2.49. The van der Waals surface area contributed by atoms with Crippen LogP contribution >= 0.6 is 11.3 Å². The van der Waals surface area contributed by atoms with Crippen molar-refractivity contribution in [2.45, 2.75) is 12.7 Å². The summed E-state index contributed by atoms with van der Waals surface area (Å²) in [6, 6.07) is 10.1. The van der Waals surface area contributed by atoms with Gasteiger partial charge in [-0.1, -0.05) is 12.1 Å². The van der Waals surface area contributed by atoms with Gasteiger partial charge < -0.3 is 14.7 Å². The van der Waals surface area contributed by atoms with E-state index in [1.165, 1.54) is 4.88 Å². The Bertz CT molecular complexity index is 556. The van der Waals surface area contributed by atoms with Crippen LogP contribution in [0.5, 0.6) is 0 Å². The summed E-state index contributed by atoms with van der Waals surface area (Å²) < 4.78 is 5.59. The molecule has 6 heteroatoms. The molecule has 1 N–H and O–H groups in total. The maximum atomic E-state index is 10.1. The normalized spacial score (nSPS) is 17.3. The Morgan fingerprint density at radius 3 is 2.74 bits per heavy atom. The van der Waals surface area contributed by atoms with Crippen LogP contribution in [-0.4, -0.2) is 60.4 Å². The van der Waals surface area contributed by atoms with E-state index in [-0.39, 0.29) is 0 Å². The fourth-order valence-corrected chi connectivity index (χ4v) is 3.38. The van der Waals surface area contributed by atoms with E-state index in [4.69, 9.17) is 4.74 Å². The van der Waals surface area contributed by atoms with E-state index in [2.05, 4.69) is 14.8 Å². The summed E-state index contributed by atoms with van der Waals surface area (Å²) in [6.45, 7) is 5.41.